The monoisotopic (exact) mass is 360 g/mol. The molecule has 0 bridgehead atoms. The van der Waals surface area contributed by atoms with Crippen LogP contribution < -0.4 is 0 Å². The normalized spacial score (nSPS) is 17.3. The molecule has 1 aliphatic heterocycles. The molecule has 1 aromatic heterocycles. The fraction of sp³-hybridized carbons (Fsp3) is 0.261. The van der Waals surface area contributed by atoms with Crippen LogP contribution in [0.2, 0.25) is 0 Å². The van der Waals surface area contributed by atoms with Crippen molar-refractivity contribution in [3.8, 4) is 0 Å². The molecule has 2 heterocycles. The molecule has 27 heavy (non-hydrogen) atoms. The van der Waals surface area contributed by atoms with Crippen molar-refractivity contribution in [1.82, 2.24) is 9.88 Å². The van der Waals surface area contributed by atoms with Crippen LogP contribution in [0.5, 0.6) is 0 Å². The van der Waals surface area contributed by atoms with Crippen LogP contribution in [0.25, 0.3) is 10.9 Å². The van der Waals surface area contributed by atoms with Crippen molar-refractivity contribution in [2.75, 3.05) is 13.7 Å². The van der Waals surface area contributed by atoms with E-state index >= 15 is 0 Å². The van der Waals surface area contributed by atoms with Crippen LogP contribution in [-0.4, -0.2) is 29.3 Å². The summed E-state index contributed by atoms with van der Waals surface area (Å²) in [4.78, 5) is 17.3. The fourth-order valence-electron chi connectivity index (χ4n) is 3.94. The minimum atomic E-state index is -0.139. The first kappa shape index (κ1) is 17.6. The number of ketones is 1. The number of hydrogen-bond donors (Lipinski definition) is 1. The standard InChI is InChI=1S/C23H24N2O2/c1-16(26)11-13-25-14-12-20-19-9-5-6-10-21(19)24-22(20)23(27-2)18-8-4-3-7-17(18)15-25/h3-11,13,23-24H,12,14-15H2,1-2H3/b13-11+. The highest BCUT2D eigenvalue weighted by molar-refractivity contribution is 5.87. The van der Waals surface area contributed by atoms with Gasteiger partial charge in [-0.2, -0.15) is 0 Å². The van der Waals surface area contributed by atoms with Gasteiger partial charge >= 0.3 is 0 Å². The molecule has 1 unspecified atom stereocenters. The van der Waals surface area contributed by atoms with Crippen molar-refractivity contribution in [2.45, 2.75) is 26.0 Å². The first-order chi connectivity index (χ1) is 13.2. The average molecular weight is 360 g/mol. The van der Waals surface area contributed by atoms with Gasteiger partial charge in [-0.25, -0.2) is 0 Å². The largest absolute Gasteiger partial charge is 0.373 e. The van der Waals surface area contributed by atoms with E-state index in [0.717, 1.165) is 36.3 Å². The van der Waals surface area contributed by atoms with E-state index in [1.165, 1.54) is 16.5 Å². The molecule has 2 aromatic carbocycles. The Morgan fingerprint density at radius 3 is 2.78 bits per heavy atom. The zero-order valence-electron chi connectivity index (χ0n) is 15.7. The Hall–Kier alpha value is -2.85. The van der Waals surface area contributed by atoms with Crippen LogP contribution in [0.15, 0.2) is 60.8 Å². The van der Waals surface area contributed by atoms with Gasteiger partial charge in [0, 0.05) is 37.3 Å². The summed E-state index contributed by atoms with van der Waals surface area (Å²) in [6, 6.07) is 16.8. The number of allylic oxidation sites excluding steroid dienone is 1. The van der Waals surface area contributed by atoms with Gasteiger partial charge in [-0.15, -0.1) is 0 Å². The van der Waals surface area contributed by atoms with Gasteiger partial charge in [-0.3, -0.25) is 4.79 Å². The van der Waals surface area contributed by atoms with Gasteiger partial charge in [-0.05, 0) is 42.2 Å². The highest BCUT2D eigenvalue weighted by atomic mass is 16.5. The number of hydrogen-bond acceptors (Lipinski definition) is 3. The zero-order chi connectivity index (χ0) is 18.8. The van der Waals surface area contributed by atoms with E-state index in [1.54, 1.807) is 20.1 Å². The quantitative estimate of drug-likeness (QED) is 0.706. The van der Waals surface area contributed by atoms with Crippen LogP contribution in [0, 0.1) is 0 Å². The van der Waals surface area contributed by atoms with Gasteiger partial charge in [0.15, 0.2) is 5.78 Å². The molecule has 1 N–H and O–H groups in total. The highest BCUT2D eigenvalue weighted by Crippen LogP contribution is 2.35. The van der Waals surface area contributed by atoms with Gasteiger partial charge in [0.1, 0.15) is 6.10 Å². The summed E-state index contributed by atoms with van der Waals surface area (Å²) < 4.78 is 5.98. The number of fused-ring (bicyclic) bond motifs is 4. The molecule has 1 atom stereocenters. The second kappa shape index (κ2) is 7.41. The molecule has 138 valence electrons. The molecule has 0 fully saturated rings. The SMILES string of the molecule is COC1c2ccccc2CN(/C=C/C(C)=O)CCc2c1[nH]c1ccccc21. The number of nitrogens with one attached hydrogen (secondary N) is 1. The van der Waals surface area contributed by atoms with Gasteiger partial charge in [0.05, 0.1) is 5.69 Å². The summed E-state index contributed by atoms with van der Waals surface area (Å²) in [6.45, 7) is 3.17. The number of carbonyl (C=O) groups is 1. The summed E-state index contributed by atoms with van der Waals surface area (Å²) >= 11 is 0. The maximum absolute atomic E-state index is 11.4. The van der Waals surface area contributed by atoms with Gasteiger partial charge in [0.25, 0.3) is 0 Å². The van der Waals surface area contributed by atoms with E-state index in [0.29, 0.717) is 0 Å². The van der Waals surface area contributed by atoms with E-state index in [1.807, 2.05) is 6.20 Å². The molecule has 4 nitrogen and oxygen atoms in total. The van der Waals surface area contributed by atoms with Crippen LogP contribution in [-0.2, 0) is 22.5 Å². The lowest BCUT2D eigenvalue weighted by Crippen LogP contribution is -2.20. The first-order valence-corrected chi connectivity index (χ1v) is 9.30. The van der Waals surface area contributed by atoms with Crippen molar-refractivity contribution < 1.29 is 9.53 Å². The Kier molecular flexibility index (Phi) is 4.82. The van der Waals surface area contributed by atoms with E-state index in [4.69, 9.17) is 4.74 Å². The summed E-state index contributed by atoms with van der Waals surface area (Å²) in [6.07, 6.45) is 4.31. The molecule has 0 radical (unpaired) electrons. The summed E-state index contributed by atoms with van der Waals surface area (Å²) in [5, 5.41) is 1.24. The number of benzene rings is 2. The highest BCUT2D eigenvalue weighted by Gasteiger charge is 2.25. The molecule has 3 aromatic rings. The number of aromatic nitrogens is 1. The fourth-order valence-corrected chi connectivity index (χ4v) is 3.94. The van der Waals surface area contributed by atoms with Gasteiger partial charge in [-0.1, -0.05) is 42.5 Å². The molecule has 0 saturated heterocycles. The van der Waals surface area contributed by atoms with Crippen LogP contribution in [0.3, 0.4) is 0 Å². The van der Waals surface area contributed by atoms with Crippen molar-refractivity contribution in [1.29, 1.82) is 0 Å². The molecule has 1 aliphatic rings. The van der Waals surface area contributed by atoms with E-state index < -0.39 is 0 Å². The molecule has 0 aliphatic carbocycles. The number of aromatic amines is 1. The van der Waals surface area contributed by atoms with Crippen LogP contribution in [0.1, 0.15) is 35.4 Å². The Labute approximate surface area is 159 Å². The smallest absolute Gasteiger partial charge is 0.154 e. The number of methoxy groups -OCH3 is 1. The predicted octanol–water partition coefficient (Wildman–Crippen LogP) is 4.36. The molecule has 4 rings (SSSR count). The number of para-hydroxylation sites is 1. The molecule has 4 heteroatoms. The third-order valence-corrected chi connectivity index (χ3v) is 5.22. The second-order valence-electron chi connectivity index (χ2n) is 7.02. The lowest BCUT2D eigenvalue weighted by molar-refractivity contribution is -0.112. The van der Waals surface area contributed by atoms with E-state index in [-0.39, 0.29) is 11.9 Å². The van der Waals surface area contributed by atoms with Crippen molar-refractivity contribution >= 4 is 16.7 Å². The number of H-pyrrole nitrogens is 1. The van der Waals surface area contributed by atoms with Crippen molar-refractivity contribution in [3.63, 3.8) is 0 Å². The first-order valence-electron chi connectivity index (χ1n) is 9.30. The van der Waals surface area contributed by atoms with Crippen molar-refractivity contribution in [2.24, 2.45) is 0 Å². The average Bonchev–Trinajstić information content (AvgIpc) is 3.05. The van der Waals surface area contributed by atoms with E-state index in [9.17, 15) is 4.79 Å². The number of ether oxygens (including phenoxy) is 1. The second-order valence-corrected chi connectivity index (χ2v) is 7.02. The number of rotatable bonds is 3. The maximum atomic E-state index is 11.4. The van der Waals surface area contributed by atoms with Crippen LogP contribution in [0.4, 0.5) is 0 Å². The molecule has 0 amide bonds. The summed E-state index contributed by atoms with van der Waals surface area (Å²) in [5.41, 5.74) is 5.92. The van der Waals surface area contributed by atoms with Crippen LogP contribution >= 0.6 is 0 Å². The minimum absolute atomic E-state index is 0.0608. The number of nitrogens with zero attached hydrogens (tertiary/aromatic N) is 1. The Morgan fingerprint density at radius 1 is 1.19 bits per heavy atom. The molecular weight excluding hydrogens is 336 g/mol. The molecule has 0 saturated carbocycles. The Balaban J connectivity index is 1.88. The summed E-state index contributed by atoms with van der Waals surface area (Å²) in [7, 11) is 1.77. The topological polar surface area (TPSA) is 45.3 Å². The molecular formula is C23H24N2O2. The van der Waals surface area contributed by atoms with Gasteiger partial charge in [0.2, 0.25) is 0 Å². The molecule has 0 spiro atoms. The third kappa shape index (κ3) is 3.40. The lowest BCUT2D eigenvalue weighted by Gasteiger charge is -2.22. The minimum Gasteiger partial charge on any atom is -0.373 e. The van der Waals surface area contributed by atoms with Gasteiger partial charge < -0.3 is 14.6 Å². The predicted molar refractivity (Wildman–Crippen MR) is 108 cm³/mol. The van der Waals surface area contributed by atoms with E-state index in [2.05, 4.69) is 58.4 Å². The number of carbonyl (C=O) groups excluding carboxylic acids is 1. The zero-order valence-corrected chi connectivity index (χ0v) is 15.7. The lowest BCUT2D eigenvalue weighted by atomic mass is 9.97. The van der Waals surface area contributed by atoms with Crippen molar-refractivity contribution in [3.05, 3.63) is 83.2 Å². The summed E-state index contributed by atoms with van der Waals surface area (Å²) in [5.74, 6) is 0.0608. The maximum Gasteiger partial charge on any atom is 0.154 e. The third-order valence-electron chi connectivity index (χ3n) is 5.22. The Morgan fingerprint density at radius 2 is 1.96 bits per heavy atom. The Bertz CT molecular complexity index is 1000.